The highest BCUT2D eigenvalue weighted by Crippen LogP contribution is 1.96. The largest absolute Gasteiger partial charge is 0.462 e. The van der Waals surface area contributed by atoms with E-state index >= 15 is 0 Å². The van der Waals surface area contributed by atoms with Gasteiger partial charge in [-0.25, -0.2) is 4.79 Å². The predicted molar refractivity (Wildman–Crippen MR) is 58.6 cm³/mol. The molecule has 1 heterocycles. The van der Waals surface area contributed by atoms with Crippen LogP contribution in [0.2, 0.25) is 0 Å². The van der Waals surface area contributed by atoms with Crippen molar-refractivity contribution in [2.24, 2.45) is 7.05 Å². The fourth-order valence-corrected chi connectivity index (χ4v) is 0.911. The first-order valence-corrected chi connectivity index (χ1v) is 5.03. The Kier molecular flexibility index (Phi) is 6.09. The molecule has 0 bridgehead atoms. The van der Waals surface area contributed by atoms with Crippen LogP contribution >= 0.6 is 0 Å². The maximum Gasteiger partial charge on any atom is 0.338 e. The summed E-state index contributed by atoms with van der Waals surface area (Å²) >= 11 is 0. The molecule has 0 radical (unpaired) electrons. The second kappa shape index (κ2) is 6.81. The zero-order chi connectivity index (χ0) is 11.8. The van der Waals surface area contributed by atoms with Crippen molar-refractivity contribution in [2.75, 3.05) is 6.61 Å². The van der Waals surface area contributed by atoms with Crippen molar-refractivity contribution >= 4 is 5.97 Å². The van der Waals surface area contributed by atoms with Crippen molar-refractivity contribution in [1.29, 1.82) is 5.41 Å². The van der Waals surface area contributed by atoms with Crippen molar-refractivity contribution in [1.82, 2.24) is 4.57 Å². The molecule has 0 spiro atoms. The summed E-state index contributed by atoms with van der Waals surface area (Å²) in [6.45, 7) is 6.11. The Labute approximate surface area is 90.0 Å². The van der Waals surface area contributed by atoms with Crippen molar-refractivity contribution in [2.45, 2.75) is 20.8 Å². The van der Waals surface area contributed by atoms with E-state index in [1.807, 2.05) is 13.8 Å². The number of esters is 1. The van der Waals surface area contributed by atoms with E-state index in [1.165, 1.54) is 6.07 Å². The molecule has 0 unspecified atom stereocenters. The Morgan fingerprint density at radius 2 is 2.13 bits per heavy atom. The van der Waals surface area contributed by atoms with Gasteiger partial charge in [-0.1, -0.05) is 13.8 Å². The molecule has 4 heteroatoms. The molecule has 0 aromatic carbocycles. The third-order valence-electron chi connectivity index (χ3n) is 1.66. The van der Waals surface area contributed by atoms with Crippen molar-refractivity contribution in [3.05, 3.63) is 29.4 Å². The number of pyridine rings is 1. The third kappa shape index (κ3) is 3.97. The maximum atomic E-state index is 11.2. The predicted octanol–water partition coefficient (Wildman–Crippen LogP) is 1.71. The Morgan fingerprint density at radius 1 is 1.53 bits per heavy atom. The van der Waals surface area contributed by atoms with Crippen LogP contribution in [0.4, 0.5) is 0 Å². The van der Waals surface area contributed by atoms with Gasteiger partial charge in [0.05, 0.1) is 12.2 Å². The van der Waals surface area contributed by atoms with Gasteiger partial charge in [-0.15, -0.1) is 0 Å². The normalized spacial score (nSPS) is 8.80. The smallest absolute Gasteiger partial charge is 0.338 e. The minimum absolute atomic E-state index is 0.283. The zero-order valence-electron chi connectivity index (χ0n) is 9.70. The molecule has 1 N–H and O–H groups in total. The first-order chi connectivity index (χ1) is 7.15. The lowest BCUT2D eigenvalue weighted by Gasteiger charge is -2.02. The third-order valence-corrected chi connectivity index (χ3v) is 1.66. The molecule has 0 atom stereocenters. The fraction of sp³-hybridized carbons (Fsp3) is 0.455. The number of nitrogens with zero attached hydrogens (tertiary/aromatic N) is 1. The van der Waals surface area contributed by atoms with Gasteiger partial charge < -0.3 is 9.30 Å². The Morgan fingerprint density at radius 3 is 2.60 bits per heavy atom. The lowest BCUT2D eigenvalue weighted by atomic mass is 10.3. The second-order valence-corrected chi connectivity index (χ2v) is 2.63. The number of nitrogens with one attached hydrogen (secondary N) is 1. The van der Waals surface area contributed by atoms with Gasteiger partial charge in [-0.05, 0) is 19.1 Å². The van der Waals surface area contributed by atoms with Gasteiger partial charge in [0.15, 0.2) is 0 Å². The summed E-state index contributed by atoms with van der Waals surface area (Å²) in [6, 6.07) is 3.12. The summed E-state index contributed by atoms with van der Waals surface area (Å²) < 4.78 is 6.41. The first kappa shape index (κ1) is 13.4. The summed E-state index contributed by atoms with van der Waals surface area (Å²) in [5.74, 6) is -0.378. The van der Waals surface area contributed by atoms with Gasteiger partial charge in [0.25, 0.3) is 0 Å². The van der Waals surface area contributed by atoms with Crippen LogP contribution < -0.4 is 5.49 Å². The monoisotopic (exact) mass is 210 g/mol. The van der Waals surface area contributed by atoms with Crippen LogP contribution in [0.15, 0.2) is 18.3 Å². The van der Waals surface area contributed by atoms with E-state index in [0.717, 1.165) is 0 Å². The molecule has 1 aromatic rings. The van der Waals surface area contributed by atoms with Crippen LogP contribution in [0.25, 0.3) is 0 Å². The molecule has 0 aliphatic rings. The molecule has 1 rings (SSSR count). The van der Waals surface area contributed by atoms with Crippen LogP contribution in [-0.4, -0.2) is 17.1 Å². The topological polar surface area (TPSA) is 55.1 Å². The van der Waals surface area contributed by atoms with Gasteiger partial charge in [-0.2, -0.15) is 0 Å². The van der Waals surface area contributed by atoms with Gasteiger partial charge >= 0.3 is 5.97 Å². The van der Waals surface area contributed by atoms with Crippen molar-refractivity contribution < 1.29 is 9.53 Å². The summed E-state index contributed by atoms with van der Waals surface area (Å²) in [6.07, 6.45) is 1.66. The molecule has 0 amide bonds. The van der Waals surface area contributed by atoms with Gasteiger partial charge in [0.2, 0.25) is 0 Å². The van der Waals surface area contributed by atoms with Crippen LogP contribution in [0, 0.1) is 5.41 Å². The average molecular weight is 210 g/mol. The fourth-order valence-electron chi connectivity index (χ4n) is 0.911. The number of carbonyl (C=O) groups is 1. The summed E-state index contributed by atoms with van der Waals surface area (Å²) in [5.41, 5.74) is 0.704. The van der Waals surface area contributed by atoms with Crippen LogP contribution in [0.3, 0.4) is 0 Å². The first-order valence-electron chi connectivity index (χ1n) is 5.03. The summed E-state index contributed by atoms with van der Waals surface area (Å²) in [4.78, 5) is 11.2. The van der Waals surface area contributed by atoms with Crippen LogP contribution in [-0.2, 0) is 11.8 Å². The number of rotatable bonds is 2. The highest BCUT2D eigenvalue weighted by molar-refractivity contribution is 5.89. The zero-order valence-corrected chi connectivity index (χ0v) is 9.70. The molecule has 84 valence electrons. The minimum atomic E-state index is -0.378. The maximum absolute atomic E-state index is 11.2. The number of aryl methyl sites for hydroxylation is 1. The van der Waals surface area contributed by atoms with Gasteiger partial charge in [-0.3, -0.25) is 5.41 Å². The van der Waals surface area contributed by atoms with E-state index < -0.39 is 0 Å². The molecular weight excluding hydrogens is 192 g/mol. The molecule has 0 aliphatic heterocycles. The average Bonchev–Trinajstić information content (AvgIpc) is 2.25. The van der Waals surface area contributed by atoms with Crippen molar-refractivity contribution in [3.8, 4) is 0 Å². The lowest BCUT2D eigenvalue weighted by Crippen LogP contribution is -2.17. The van der Waals surface area contributed by atoms with E-state index in [9.17, 15) is 4.79 Å². The van der Waals surface area contributed by atoms with Gasteiger partial charge in [0.1, 0.15) is 5.49 Å². The van der Waals surface area contributed by atoms with E-state index in [4.69, 9.17) is 10.1 Å². The summed E-state index contributed by atoms with van der Waals surface area (Å²) in [5, 5.41) is 7.44. The number of hydrogen-bond donors (Lipinski definition) is 1. The molecule has 0 saturated heterocycles. The second-order valence-electron chi connectivity index (χ2n) is 2.63. The number of hydrogen-bond acceptors (Lipinski definition) is 3. The highest BCUT2D eigenvalue weighted by atomic mass is 16.5. The number of carbonyl (C=O) groups excluding carboxylic acids is 1. The Balaban J connectivity index is 0.000000921. The summed E-state index contributed by atoms with van der Waals surface area (Å²) in [7, 11) is 1.75. The molecular formula is C11H18N2O2. The molecule has 0 aliphatic carbocycles. The minimum Gasteiger partial charge on any atom is -0.462 e. The van der Waals surface area contributed by atoms with Gasteiger partial charge in [0, 0.05) is 13.2 Å². The van der Waals surface area contributed by atoms with Crippen LogP contribution in [0.5, 0.6) is 0 Å². The molecule has 15 heavy (non-hydrogen) atoms. The van der Waals surface area contributed by atoms with E-state index in [0.29, 0.717) is 12.2 Å². The molecule has 0 saturated carbocycles. The van der Waals surface area contributed by atoms with Crippen molar-refractivity contribution in [3.63, 3.8) is 0 Å². The standard InChI is InChI=1S/C9H12N2O2.C2H6/c1-3-13-9(12)7-4-5-11(2)8(10)6-7;1-2/h4-6,10H,3H2,1-2H3;1-2H3. The Bertz CT molecular complexity index is 369. The van der Waals surface area contributed by atoms with Crippen LogP contribution in [0.1, 0.15) is 31.1 Å². The Hall–Kier alpha value is -1.58. The quantitative estimate of drug-likeness (QED) is 0.755. The molecule has 0 fully saturated rings. The van der Waals surface area contributed by atoms with E-state index in [-0.39, 0.29) is 11.5 Å². The highest BCUT2D eigenvalue weighted by Gasteiger charge is 2.05. The molecule has 4 nitrogen and oxygen atoms in total. The molecule has 1 aromatic heterocycles. The number of ether oxygens (including phenoxy) is 1. The van der Waals surface area contributed by atoms with E-state index in [2.05, 4.69) is 0 Å². The number of aromatic nitrogens is 1. The SMILES string of the molecule is CC.CCOC(=O)c1ccn(C)c(=N)c1. The van der Waals surface area contributed by atoms with E-state index in [1.54, 1.807) is 30.8 Å². The lowest BCUT2D eigenvalue weighted by molar-refractivity contribution is 0.0526.